The van der Waals surface area contributed by atoms with Gasteiger partial charge < -0.3 is 9.84 Å². The largest absolute Gasteiger partial charge is 0.478 e. The van der Waals surface area contributed by atoms with E-state index in [1.807, 2.05) is 18.2 Å². The van der Waals surface area contributed by atoms with E-state index in [1.165, 1.54) is 6.07 Å². The normalized spacial score (nSPS) is 10.1. The molecule has 0 aliphatic rings. The van der Waals surface area contributed by atoms with Gasteiger partial charge in [0.15, 0.2) is 5.82 Å². The van der Waals surface area contributed by atoms with Crippen LogP contribution in [0.1, 0.15) is 15.9 Å². The topological polar surface area (TPSA) is 75.6 Å². The van der Waals surface area contributed by atoms with Crippen molar-refractivity contribution in [1.82, 2.24) is 0 Å². The summed E-state index contributed by atoms with van der Waals surface area (Å²) in [6.07, 6.45) is -0.765. The molecule has 2 rings (SSSR count). The molecule has 0 saturated heterocycles. The van der Waals surface area contributed by atoms with Crippen molar-refractivity contribution in [3.8, 4) is 0 Å². The number of nitrogens with one attached hydrogen (secondary N) is 1. The summed E-state index contributed by atoms with van der Waals surface area (Å²) in [6.45, 7) is 0.0703. The number of rotatable bonds is 4. The Hall–Kier alpha value is -2.41. The third-order valence-corrected chi connectivity index (χ3v) is 3.29. The van der Waals surface area contributed by atoms with Gasteiger partial charge in [-0.25, -0.2) is 14.0 Å². The summed E-state index contributed by atoms with van der Waals surface area (Å²) in [6, 6.07) is 11.3. The number of amides is 1. The Morgan fingerprint density at radius 2 is 1.91 bits per heavy atom. The van der Waals surface area contributed by atoms with Crippen LogP contribution >= 0.6 is 15.9 Å². The highest BCUT2D eigenvalue weighted by Crippen LogP contribution is 2.24. The highest BCUT2D eigenvalue weighted by Gasteiger charge is 2.16. The van der Waals surface area contributed by atoms with Crippen LogP contribution in [0.25, 0.3) is 0 Å². The van der Waals surface area contributed by atoms with Crippen molar-refractivity contribution >= 4 is 33.7 Å². The van der Waals surface area contributed by atoms with E-state index in [2.05, 4.69) is 21.2 Å². The van der Waals surface area contributed by atoms with E-state index in [9.17, 15) is 14.0 Å². The van der Waals surface area contributed by atoms with Gasteiger partial charge in [0.25, 0.3) is 0 Å². The van der Waals surface area contributed by atoms with E-state index in [0.717, 1.165) is 11.6 Å². The van der Waals surface area contributed by atoms with Gasteiger partial charge >= 0.3 is 12.1 Å². The van der Waals surface area contributed by atoms with Crippen LogP contribution in [0.3, 0.4) is 0 Å². The minimum Gasteiger partial charge on any atom is -0.478 e. The second-order valence-corrected chi connectivity index (χ2v) is 5.17. The molecule has 2 aromatic carbocycles. The summed E-state index contributed by atoms with van der Waals surface area (Å²) >= 11 is 2.90. The minimum absolute atomic E-state index is 0.0641. The SMILES string of the molecule is O=C(Nc1cc(Br)c(F)c(C(=O)O)c1)OCc1ccccc1. The Balaban J connectivity index is 2.04. The number of benzene rings is 2. The minimum atomic E-state index is -1.43. The van der Waals surface area contributed by atoms with Gasteiger partial charge in [-0.1, -0.05) is 30.3 Å². The molecule has 1 amide bonds. The monoisotopic (exact) mass is 367 g/mol. The third-order valence-electron chi connectivity index (χ3n) is 2.72. The van der Waals surface area contributed by atoms with Crippen LogP contribution < -0.4 is 5.32 Å². The fourth-order valence-electron chi connectivity index (χ4n) is 1.69. The number of hydrogen-bond donors (Lipinski definition) is 2. The predicted octanol–water partition coefficient (Wildman–Crippen LogP) is 4.04. The van der Waals surface area contributed by atoms with Crippen molar-refractivity contribution in [3.05, 3.63) is 63.9 Å². The average molecular weight is 368 g/mol. The third kappa shape index (κ3) is 4.05. The van der Waals surface area contributed by atoms with E-state index in [4.69, 9.17) is 9.84 Å². The molecule has 0 aromatic heterocycles. The van der Waals surface area contributed by atoms with Crippen LogP contribution in [0.15, 0.2) is 46.9 Å². The molecule has 0 aliphatic heterocycles. The van der Waals surface area contributed by atoms with Crippen LogP contribution in [0.4, 0.5) is 14.9 Å². The number of hydrogen-bond acceptors (Lipinski definition) is 3. The molecule has 0 atom stereocenters. The number of anilines is 1. The molecule has 2 aromatic rings. The molecule has 0 fully saturated rings. The lowest BCUT2D eigenvalue weighted by atomic mass is 10.2. The maximum Gasteiger partial charge on any atom is 0.411 e. The molecular weight excluding hydrogens is 357 g/mol. The summed E-state index contributed by atoms with van der Waals surface area (Å²) in [5.74, 6) is -2.34. The molecule has 0 heterocycles. The van der Waals surface area contributed by atoms with Gasteiger partial charge in [0, 0.05) is 5.69 Å². The van der Waals surface area contributed by atoms with E-state index in [1.54, 1.807) is 12.1 Å². The molecule has 0 radical (unpaired) electrons. The zero-order chi connectivity index (χ0) is 16.1. The second kappa shape index (κ2) is 7.04. The molecule has 0 spiro atoms. The Labute approximate surface area is 133 Å². The summed E-state index contributed by atoms with van der Waals surface area (Å²) in [7, 11) is 0. The molecule has 5 nitrogen and oxygen atoms in total. The number of carbonyl (C=O) groups is 2. The Kier molecular flexibility index (Phi) is 5.11. The van der Waals surface area contributed by atoms with Gasteiger partial charge in [0.2, 0.25) is 0 Å². The lowest BCUT2D eigenvalue weighted by Gasteiger charge is -2.09. The van der Waals surface area contributed by atoms with Gasteiger partial charge in [-0.3, -0.25) is 5.32 Å². The first-order valence-electron chi connectivity index (χ1n) is 6.17. The molecule has 0 unspecified atom stereocenters. The van der Waals surface area contributed by atoms with Gasteiger partial charge in [0.05, 0.1) is 10.0 Å². The lowest BCUT2D eigenvalue weighted by Crippen LogP contribution is -2.14. The summed E-state index contributed by atoms with van der Waals surface area (Å²) < 4.78 is 18.5. The Morgan fingerprint density at radius 1 is 1.23 bits per heavy atom. The zero-order valence-corrected chi connectivity index (χ0v) is 12.8. The van der Waals surface area contributed by atoms with Gasteiger partial charge in [0.1, 0.15) is 6.61 Å². The standard InChI is InChI=1S/C15H11BrFNO4/c16-12-7-10(6-11(13(12)17)14(19)20)18-15(21)22-8-9-4-2-1-3-5-9/h1-7H,8H2,(H,18,21)(H,19,20). The first kappa shape index (κ1) is 16.0. The number of halogens is 2. The molecule has 2 N–H and O–H groups in total. The van der Waals surface area contributed by atoms with Crippen LogP contribution in [0.5, 0.6) is 0 Å². The summed E-state index contributed by atoms with van der Waals surface area (Å²) in [4.78, 5) is 22.6. The number of carboxylic acids is 1. The van der Waals surface area contributed by atoms with Crippen LogP contribution in [0, 0.1) is 5.82 Å². The fraction of sp³-hybridized carbons (Fsp3) is 0.0667. The van der Waals surface area contributed by atoms with Crippen molar-refractivity contribution in [2.75, 3.05) is 5.32 Å². The van der Waals surface area contributed by atoms with Crippen molar-refractivity contribution < 1.29 is 23.8 Å². The maximum atomic E-state index is 13.6. The average Bonchev–Trinajstić information content (AvgIpc) is 2.49. The number of ether oxygens (including phenoxy) is 1. The first-order valence-corrected chi connectivity index (χ1v) is 6.96. The van der Waals surface area contributed by atoms with E-state index in [-0.39, 0.29) is 16.8 Å². The number of carboxylic acid groups (broad SMARTS) is 1. The molecule has 0 aliphatic carbocycles. The van der Waals surface area contributed by atoms with E-state index >= 15 is 0 Å². The highest BCUT2D eigenvalue weighted by atomic mass is 79.9. The quantitative estimate of drug-likeness (QED) is 0.854. The van der Waals surface area contributed by atoms with E-state index < -0.39 is 23.4 Å². The molecular formula is C15H11BrFNO4. The molecule has 7 heteroatoms. The lowest BCUT2D eigenvalue weighted by molar-refractivity contribution is 0.0691. The number of aromatic carboxylic acids is 1. The summed E-state index contributed by atoms with van der Waals surface area (Å²) in [5, 5.41) is 11.3. The Morgan fingerprint density at radius 3 is 2.55 bits per heavy atom. The van der Waals surface area contributed by atoms with Crippen molar-refractivity contribution in [2.45, 2.75) is 6.61 Å². The van der Waals surface area contributed by atoms with E-state index in [0.29, 0.717) is 0 Å². The van der Waals surface area contributed by atoms with Gasteiger partial charge in [-0.05, 0) is 33.6 Å². The Bertz CT molecular complexity index is 706. The van der Waals surface area contributed by atoms with Crippen LogP contribution in [0.2, 0.25) is 0 Å². The maximum absolute atomic E-state index is 13.6. The van der Waals surface area contributed by atoms with Crippen molar-refractivity contribution in [3.63, 3.8) is 0 Å². The van der Waals surface area contributed by atoms with Crippen molar-refractivity contribution in [2.24, 2.45) is 0 Å². The highest BCUT2D eigenvalue weighted by molar-refractivity contribution is 9.10. The van der Waals surface area contributed by atoms with Gasteiger partial charge in [-0.2, -0.15) is 0 Å². The number of carbonyl (C=O) groups excluding carboxylic acids is 1. The van der Waals surface area contributed by atoms with Gasteiger partial charge in [-0.15, -0.1) is 0 Å². The zero-order valence-electron chi connectivity index (χ0n) is 11.2. The van der Waals surface area contributed by atoms with Crippen molar-refractivity contribution in [1.29, 1.82) is 0 Å². The predicted molar refractivity (Wildman–Crippen MR) is 81.3 cm³/mol. The summed E-state index contributed by atoms with van der Waals surface area (Å²) in [5.41, 5.74) is 0.376. The second-order valence-electron chi connectivity index (χ2n) is 4.31. The molecule has 114 valence electrons. The first-order chi connectivity index (χ1) is 10.5. The fourth-order valence-corrected chi connectivity index (χ4v) is 2.15. The van der Waals surface area contributed by atoms with Crippen LogP contribution in [-0.2, 0) is 11.3 Å². The molecule has 22 heavy (non-hydrogen) atoms. The molecule has 0 bridgehead atoms. The smallest absolute Gasteiger partial charge is 0.411 e. The molecule has 0 saturated carbocycles. The van der Waals surface area contributed by atoms with Crippen LogP contribution in [-0.4, -0.2) is 17.2 Å².